The van der Waals surface area contributed by atoms with Gasteiger partial charge in [-0.2, -0.15) is 11.8 Å². The van der Waals surface area contributed by atoms with Crippen molar-refractivity contribution in [2.24, 2.45) is 0 Å². The highest BCUT2D eigenvalue weighted by Crippen LogP contribution is 2.24. The third-order valence-electron chi connectivity index (χ3n) is 2.88. The third-order valence-corrected chi connectivity index (χ3v) is 3.78. The molecule has 1 aliphatic carbocycles. The maximum atomic E-state index is 11.6. The van der Waals surface area contributed by atoms with Gasteiger partial charge in [0.05, 0.1) is 11.4 Å². The fraction of sp³-hybridized carbons (Fsp3) is 0.909. The number of carbonyl (C=O) groups is 1. The van der Waals surface area contributed by atoms with Gasteiger partial charge in [-0.15, -0.1) is 0 Å². The van der Waals surface area contributed by atoms with Crippen molar-refractivity contribution >= 4 is 17.7 Å². The maximum absolute atomic E-state index is 11.6. The minimum atomic E-state index is -0.0933. The molecular formula is C11H20O3S. The van der Waals surface area contributed by atoms with Gasteiger partial charge < -0.3 is 9.47 Å². The minimum absolute atomic E-state index is 0.0609. The Morgan fingerprint density at radius 1 is 1.40 bits per heavy atom. The van der Waals surface area contributed by atoms with Crippen LogP contribution in [0.5, 0.6) is 0 Å². The van der Waals surface area contributed by atoms with Gasteiger partial charge in [-0.3, -0.25) is 4.79 Å². The van der Waals surface area contributed by atoms with Crippen molar-refractivity contribution < 1.29 is 14.3 Å². The number of hydrogen-bond donors (Lipinski definition) is 0. The van der Waals surface area contributed by atoms with Crippen LogP contribution in [-0.2, 0) is 14.3 Å². The van der Waals surface area contributed by atoms with Crippen LogP contribution < -0.4 is 0 Å². The summed E-state index contributed by atoms with van der Waals surface area (Å²) in [5.41, 5.74) is 0. The molecule has 1 aliphatic rings. The summed E-state index contributed by atoms with van der Waals surface area (Å²) in [4.78, 5) is 11.6. The fourth-order valence-corrected chi connectivity index (χ4v) is 2.03. The fourth-order valence-electron chi connectivity index (χ4n) is 1.78. The topological polar surface area (TPSA) is 35.5 Å². The predicted octanol–water partition coefficient (Wildman–Crippen LogP) is 2.24. The highest BCUT2D eigenvalue weighted by Gasteiger charge is 2.26. The SMILES string of the molecule is COC1CCCC(OC(=O)C(C)SC)C1. The molecule has 1 rings (SSSR count). The molecular weight excluding hydrogens is 212 g/mol. The first kappa shape index (κ1) is 12.8. The van der Waals surface area contributed by atoms with Crippen molar-refractivity contribution in [3.05, 3.63) is 0 Å². The lowest BCUT2D eigenvalue weighted by atomic mass is 9.95. The van der Waals surface area contributed by atoms with E-state index in [-0.39, 0.29) is 23.4 Å². The highest BCUT2D eigenvalue weighted by atomic mass is 32.2. The van der Waals surface area contributed by atoms with Crippen LogP contribution in [0.2, 0.25) is 0 Å². The Kier molecular flexibility index (Phi) is 5.47. The molecule has 0 aliphatic heterocycles. The summed E-state index contributed by atoms with van der Waals surface area (Å²) >= 11 is 1.52. The van der Waals surface area contributed by atoms with Crippen LogP contribution in [0, 0.1) is 0 Å². The van der Waals surface area contributed by atoms with Crippen molar-refractivity contribution in [1.82, 2.24) is 0 Å². The Hall–Kier alpha value is -0.220. The van der Waals surface area contributed by atoms with E-state index in [0.29, 0.717) is 0 Å². The van der Waals surface area contributed by atoms with Crippen molar-refractivity contribution in [3.63, 3.8) is 0 Å². The molecule has 3 nitrogen and oxygen atoms in total. The van der Waals surface area contributed by atoms with E-state index in [0.717, 1.165) is 25.7 Å². The smallest absolute Gasteiger partial charge is 0.319 e. The van der Waals surface area contributed by atoms with Gasteiger partial charge in [0, 0.05) is 13.5 Å². The zero-order chi connectivity index (χ0) is 11.3. The summed E-state index contributed by atoms with van der Waals surface area (Å²) in [5.74, 6) is -0.0933. The largest absolute Gasteiger partial charge is 0.461 e. The summed E-state index contributed by atoms with van der Waals surface area (Å²) in [6.07, 6.45) is 6.25. The van der Waals surface area contributed by atoms with Crippen LogP contribution in [0.15, 0.2) is 0 Å². The monoisotopic (exact) mass is 232 g/mol. The van der Waals surface area contributed by atoms with Gasteiger partial charge in [-0.25, -0.2) is 0 Å². The van der Waals surface area contributed by atoms with Gasteiger partial charge in [0.1, 0.15) is 6.10 Å². The average Bonchev–Trinajstić information content (AvgIpc) is 2.28. The molecule has 4 heteroatoms. The molecule has 0 aromatic carbocycles. The van der Waals surface area contributed by atoms with Crippen molar-refractivity contribution in [1.29, 1.82) is 0 Å². The lowest BCUT2D eigenvalue weighted by Gasteiger charge is -2.28. The normalized spacial score (nSPS) is 28.5. The van der Waals surface area contributed by atoms with Gasteiger partial charge in [0.2, 0.25) is 0 Å². The van der Waals surface area contributed by atoms with Gasteiger partial charge in [-0.1, -0.05) is 0 Å². The number of hydrogen-bond acceptors (Lipinski definition) is 4. The summed E-state index contributed by atoms with van der Waals surface area (Å²) in [6, 6.07) is 0. The number of ether oxygens (including phenoxy) is 2. The number of thioether (sulfide) groups is 1. The lowest BCUT2D eigenvalue weighted by molar-refractivity contribution is -0.151. The molecule has 0 heterocycles. The van der Waals surface area contributed by atoms with Crippen LogP contribution in [0.1, 0.15) is 32.6 Å². The first-order valence-electron chi connectivity index (χ1n) is 5.43. The summed E-state index contributed by atoms with van der Waals surface area (Å²) in [6.45, 7) is 1.88. The zero-order valence-electron chi connectivity index (χ0n) is 9.69. The molecule has 0 radical (unpaired) electrons. The quantitative estimate of drug-likeness (QED) is 0.696. The molecule has 3 unspecified atom stereocenters. The van der Waals surface area contributed by atoms with Crippen LogP contribution in [0.25, 0.3) is 0 Å². The second-order valence-corrected chi connectivity index (χ2v) is 5.14. The minimum Gasteiger partial charge on any atom is -0.461 e. The van der Waals surface area contributed by atoms with Crippen molar-refractivity contribution in [2.75, 3.05) is 13.4 Å². The van der Waals surface area contributed by atoms with Crippen LogP contribution in [0.4, 0.5) is 0 Å². The molecule has 3 atom stereocenters. The van der Waals surface area contributed by atoms with E-state index in [1.54, 1.807) is 7.11 Å². The third kappa shape index (κ3) is 4.03. The summed E-state index contributed by atoms with van der Waals surface area (Å²) in [7, 11) is 1.72. The molecule has 0 aromatic rings. The molecule has 1 fully saturated rings. The Bertz CT molecular complexity index is 208. The predicted molar refractivity (Wildman–Crippen MR) is 62.1 cm³/mol. The van der Waals surface area contributed by atoms with Gasteiger partial charge in [0.15, 0.2) is 0 Å². The van der Waals surface area contributed by atoms with E-state index in [4.69, 9.17) is 9.47 Å². The Labute approximate surface area is 95.9 Å². The Morgan fingerprint density at radius 2 is 2.07 bits per heavy atom. The molecule has 0 saturated heterocycles. The average molecular weight is 232 g/mol. The summed E-state index contributed by atoms with van der Waals surface area (Å²) < 4.78 is 10.7. The lowest BCUT2D eigenvalue weighted by Crippen LogP contribution is -2.31. The zero-order valence-corrected chi connectivity index (χ0v) is 10.5. The van der Waals surface area contributed by atoms with E-state index in [9.17, 15) is 4.79 Å². The number of rotatable bonds is 4. The van der Waals surface area contributed by atoms with E-state index in [1.165, 1.54) is 11.8 Å². The van der Waals surface area contributed by atoms with Gasteiger partial charge in [0.25, 0.3) is 0 Å². The number of carbonyl (C=O) groups excluding carboxylic acids is 1. The molecule has 15 heavy (non-hydrogen) atoms. The number of methoxy groups -OCH3 is 1. The Morgan fingerprint density at radius 3 is 2.67 bits per heavy atom. The molecule has 88 valence electrons. The molecule has 0 amide bonds. The van der Waals surface area contributed by atoms with E-state index in [1.807, 2.05) is 13.2 Å². The van der Waals surface area contributed by atoms with Crippen LogP contribution >= 0.6 is 11.8 Å². The standard InChI is InChI=1S/C11H20O3S/c1-8(15-3)11(12)14-10-6-4-5-9(7-10)13-2/h8-10H,4-7H2,1-3H3. The molecule has 0 spiro atoms. The number of esters is 1. The maximum Gasteiger partial charge on any atom is 0.319 e. The van der Waals surface area contributed by atoms with E-state index in [2.05, 4.69) is 0 Å². The molecule has 1 saturated carbocycles. The van der Waals surface area contributed by atoms with E-state index < -0.39 is 0 Å². The molecule has 0 N–H and O–H groups in total. The van der Waals surface area contributed by atoms with Crippen molar-refractivity contribution in [2.45, 2.75) is 50.1 Å². The molecule has 0 aromatic heterocycles. The first-order valence-corrected chi connectivity index (χ1v) is 6.72. The first-order chi connectivity index (χ1) is 7.17. The molecule has 0 bridgehead atoms. The van der Waals surface area contributed by atoms with Gasteiger partial charge in [-0.05, 0) is 32.4 Å². The van der Waals surface area contributed by atoms with Crippen LogP contribution in [-0.4, -0.2) is 36.8 Å². The second kappa shape index (κ2) is 6.38. The van der Waals surface area contributed by atoms with Crippen LogP contribution in [0.3, 0.4) is 0 Å². The summed E-state index contributed by atoms with van der Waals surface area (Å²) in [5, 5.41) is -0.0621. The van der Waals surface area contributed by atoms with E-state index >= 15 is 0 Å². The second-order valence-electron chi connectivity index (χ2n) is 3.96. The highest BCUT2D eigenvalue weighted by molar-refractivity contribution is 7.99. The van der Waals surface area contributed by atoms with Crippen molar-refractivity contribution in [3.8, 4) is 0 Å². The van der Waals surface area contributed by atoms with Gasteiger partial charge >= 0.3 is 5.97 Å². The Balaban J connectivity index is 2.34.